The molecule has 0 spiro atoms. The molecule has 156 valence electrons. The van der Waals surface area contributed by atoms with E-state index in [1.165, 1.54) is 0 Å². The Labute approximate surface area is 171 Å². The van der Waals surface area contributed by atoms with Gasteiger partial charge in [0, 0.05) is 37.8 Å². The normalized spacial score (nSPS) is 15.2. The molecule has 7 nitrogen and oxygen atoms in total. The fraction of sp³-hybridized carbons (Fsp3) is 0.455. The minimum Gasteiger partial charge on any atom is -0.496 e. The molecule has 0 radical (unpaired) electrons. The van der Waals surface area contributed by atoms with Crippen LogP contribution >= 0.6 is 0 Å². The number of aromatic nitrogens is 1. The number of allylic oxidation sites excluding steroid dienone is 1. The van der Waals surface area contributed by atoms with Crippen LogP contribution in [0.3, 0.4) is 0 Å². The molecule has 29 heavy (non-hydrogen) atoms. The largest absolute Gasteiger partial charge is 0.496 e. The van der Waals surface area contributed by atoms with Gasteiger partial charge < -0.3 is 14.0 Å². The lowest BCUT2D eigenvalue weighted by Crippen LogP contribution is -2.47. The lowest BCUT2D eigenvalue weighted by Gasteiger charge is -2.33. The van der Waals surface area contributed by atoms with Crippen molar-refractivity contribution in [2.75, 3.05) is 46.4 Å². The third-order valence-corrected chi connectivity index (χ3v) is 4.98. The monoisotopic (exact) mass is 399 g/mol. The van der Waals surface area contributed by atoms with Gasteiger partial charge in [-0.1, -0.05) is 17.3 Å². The Kier molecular flexibility index (Phi) is 7.43. The van der Waals surface area contributed by atoms with Crippen molar-refractivity contribution in [1.29, 1.82) is 0 Å². The van der Waals surface area contributed by atoms with Gasteiger partial charge in [0.15, 0.2) is 5.76 Å². The van der Waals surface area contributed by atoms with Gasteiger partial charge >= 0.3 is 5.97 Å². The minimum atomic E-state index is -0.159. The first kappa shape index (κ1) is 21.1. The van der Waals surface area contributed by atoms with Crippen LogP contribution < -0.4 is 4.74 Å². The zero-order valence-electron chi connectivity index (χ0n) is 17.2. The molecule has 0 unspecified atom stereocenters. The highest BCUT2D eigenvalue weighted by Gasteiger charge is 2.21. The first-order chi connectivity index (χ1) is 14.1. The molecular weight excluding hydrogens is 370 g/mol. The third-order valence-electron chi connectivity index (χ3n) is 4.98. The Hall–Kier alpha value is -2.64. The van der Waals surface area contributed by atoms with Gasteiger partial charge in [0.1, 0.15) is 11.4 Å². The maximum atomic E-state index is 11.6. The average molecular weight is 399 g/mol. The Morgan fingerprint density at radius 2 is 2.00 bits per heavy atom. The van der Waals surface area contributed by atoms with Crippen LogP contribution in [0.25, 0.3) is 11.3 Å². The number of hydrogen-bond acceptors (Lipinski definition) is 7. The number of nitrogens with zero attached hydrogens (tertiary/aromatic N) is 3. The summed E-state index contributed by atoms with van der Waals surface area (Å²) in [6.07, 6.45) is 2.67. The number of carbonyl (C=O) groups is 1. The summed E-state index contributed by atoms with van der Waals surface area (Å²) in [6, 6.07) is 8.02. The summed E-state index contributed by atoms with van der Waals surface area (Å²) in [6.45, 7) is 10.5. The number of carbonyl (C=O) groups excluding carboxylic acids is 1. The highest BCUT2D eigenvalue weighted by Crippen LogP contribution is 2.31. The van der Waals surface area contributed by atoms with Crippen LogP contribution in [-0.2, 0) is 22.5 Å². The smallest absolute Gasteiger partial charge is 0.320 e. The van der Waals surface area contributed by atoms with Gasteiger partial charge in [-0.15, -0.1) is 6.58 Å². The molecule has 7 heteroatoms. The van der Waals surface area contributed by atoms with Gasteiger partial charge in [0.2, 0.25) is 0 Å². The summed E-state index contributed by atoms with van der Waals surface area (Å²) in [7, 11) is 1.66. The second kappa shape index (κ2) is 10.2. The molecule has 1 saturated heterocycles. The standard InChI is InChI=1S/C22H29N3O4/c1-4-6-17-7-8-21(27-3)19(13-17)20-14-18(29-23-20)15-24-9-11-25(12-10-24)16-22(26)28-5-2/h4,7-8,13-14H,1,5-6,9-12,15-16H2,2-3H3. The SMILES string of the molecule is C=CCc1ccc(OC)c(-c2cc(CN3CCN(CC(=O)OCC)CC3)on2)c1. The molecule has 1 aliphatic rings. The van der Waals surface area contributed by atoms with E-state index in [1.807, 2.05) is 31.2 Å². The molecule has 3 rings (SSSR count). The van der Waals surface area contributed by atoms with E-state index < -0.39 is 0 Å². The van der Waals surface area contributed by atoms with Crippen LogP contribution in [0.15, 0.2) is 41.4 Å². The van der Waals surface area contributed by atoms with Gasteiger partial charge in [-0.05, 0) is 31.0 Å². The van der Waals surface area contributed by atoms with Crippen molar-refractivity contribution in [3.05, 3.63) is 48.2 Å². The maximum absolute atomic E-state index is 11.6. The van der Waals surface area contributed by atoms with Crippen LogP contribution in [-0.4, -0.2) is 67.4 Å². The van der Waals surface area contributed by atoms with E-state index >= 15 is 0 Å². The molecular formula is C22H29N3O4. The lowest BCUT2D eigenvalue weighted by molar-refractivity contribution is -0.144. The van der Waals surface area contributed by atoms with E-state index in [0.717, 1.165) is 60.9 Å². The third kappa shape index (κ3) is 5.68. The number of piperazine rings is 1. The number of hydrogen-bond donors (Lipinski definition) is 0. The van der Waals surface area contributed by atoms with Crippen molar-refractivity contribution in [1.82, 2.24) is 15.0 Å². The summed E-state index contributed by atoms with van der Waals surface area (Å²) in [5.74, 6) is 1.42. The molecule has 2 aromatic rings. The molecule has 0 amide bonds. The molecule has 0 bridgehead atoms. The molecule has 1 aromatic carbocycles. The first-order valence-electron chi connectivity index (χ1n) is 9.97. The van der Waals surface area contributed by atoms with Crippen LogP contribution in [0, 0.1) is 0 Å². The fourth-order valence-electron chi connectivity index (χ4n) is 3.48. The van der Waals surface area contributed by atoms with Gasteiger partial charge in [0.25, 0.3) is 0 Å². The number of rotatable bonds is 9. The topological polar surface area (TPSA) is 68.0 Å². The molecule has 0 N–H and O–H groups in total. The Balaban J connectivity index is 1.60. The Morgan fingerprint density at radius 3 is 2.69 bits per heavy atom. The second-order valence-electron chi connectivity index (χ2n) is 7.06. The highest BCUT2D eigenvalue weighted by molar-refractivity contribution is 5.71. The minimum absolute atomic E-state index is 0.159. The quantitative estimate of drug-likeness (QED) is 0.474. The van der Waals surface area contributed by atoms with E-state index in [4.69, 9.17) is 14.0 Å². The van der Waals surface area contributed by atoms with Crippen LogP contribution in [0.1, 0.15) is 18.2 Å². The zero-order chi connectivity index (χ0) is 20.6. The van der Waals surface area contributed by atoms with Gasteiger partial charge in [-0.25, -0.2) is 0 Å². The summed E-state index contributed by atoms with van der Waals surface area (Å²) in [5.41, 5.74) is 2.84. The Morgan fingerprint density at radius 1 is 1.24 bits per heavy atom. The van der Waals surface area contributed by atoms with Crippen LogP contribution in [0.4, 0.5) is 0 Å². The summed E-state index contributed by atoms with van der Waals surface area (Å²) in [4.78, 5) is 16.0. The molecule has 1 fully saturated rings. The van der Waals surface area contributed by atoms with Gasteiger partial charge in [-0.2, -0.15) is 0 Å². The number of methoxy groups -OCH3 is 1. The predicted molar refractivity (Wildman–Crippen MR) is 111 cm³/mol. The van der Waals surface area contributed by atoms with E-state index in [1.54, 1.807) is 7.11 Å². The molecule has 0 atom stereocenters. The predicted octanol–water partition coefficient (Wildman–Crippen LogP) is 2.76. The maximum Gasteiger partial charge on any atom is 0.320 e. The molecule has 2 heterocycles. The fourth-order valence-corrected chi connectivity index (χ4v) is 3.48. The molecule has 1 aromatic heterocycles. The second-order valence-corrected chi connectivity index (χ2v) is 7.06. The number of ether oxygens (including phenoxy) is 2. The van der Waals surface area contributed by atoms with Crippen molar-refractivity contribution < 1.29 is 18.8 Å². The van der Waals surface area contributed by atoms with Crippen molar-refractivity contribution in [3.8, 4) is 17.0 Å². The van der Waals surface area contributed by atoms with Crippen molar-refractivity contribution in [2.24, 2.45) is 0 Å². The zero-order valence-corrected chi connectivity index (χ0v) is 17.2. The van der Waals surface area contributed by atoms with Crippen LogP contribution in [0.5, 0.6) is 5.75 Å². The number of esters is 1. The van der Waals surface area contributed by atoms with Gasteiger partial charge in [-0.3, -0.25) is 14.6 Å². The summed E-state index contributed by atoms with van der Waals surface area (Å²) >= 11 is 0. The first-order valence-corrected chi connectivity index (χ1v) is 9.97. The number of benzene rings is 1. The highest BCUT2D eigenvalue weighted by atomic mass is 16.5. The van der Waals surface area contributed by atoms with Crippen molar-refractivity contribution in [3.63, 3.8) is 0 Å². The Bertz CT molecular complexity index is 825. The summed E-state index contributed by atoms with van der Waals surface area (Å²) < 4.78 is 16.1. The van der Waals surface area contributed by atoms with E-state index in [9.17, 15) is 4.79 Å². The van der Waals surface area contributed by atoms with E-state index in [-0.39, 0.29) is 5.97 Å². The van der Waals surface area contributed by atoms with Crippen LogP contribution in [0.2, 0.25) is 0 Å². The van der Waals surface area contributed by atoms with Crippen molar-refractivity contribution in [2.45, 2.75) is 19.9 Å². The summed E-state index contributed by atoms with van der Waals surface area (Å²) in [5, 5.41) is 4.26. The average Bonchev–Trinajstić information content (AvgIpc) is 3.18. The van der Waals surface area contributed by atoms with Crippen molar-refractivity contribution >= 4 is 5.97 Å². The van der Waals surface area contributed by atoms with E-state index in [2.05, 4.69) is 27.6 Å². The lowest BCUT2D eigenvalue weighted by atomic mass is 10.0. The molecule has 0 aliphatic carbocycles. The molecule has 0 saturated carbocycles. The van der Waals surface area contributed by atoms with Gasteiger partial charge in [0.05, 0.1) is 26.8 Å². The van der Waals surface area contributed by atoms with E-state index in [0.29, 0.717) is 19.7 Å². The molecule has 1 aliphatic heterocycles.